The van der Waals surface area contributed by atoms with Crippen molar-refractivity contribution < 1.29 is 0 Å². The lowest BCUT2D eigenvalue weighted by Gasteiger charge is -2.14. The summed E-state index contributed by atoms with van der Waals surface area (Å²) in [5.74, 6) is 0.348. The second-order valence-corrected chi connectivity index (χ2v) is 7.58. The molecule has 1 aliphatic rings. The average molecular weight is 373 g/mol. The van der Waals surface area contributed by atoms with Crippen LogP contribution in [-0.4, -0.2) is 20.6 Å². The van der Waals surface area contributed by atoms with Crippen LogP contribution in [0.3, 0.4) is 0 Å². The zero-order valence-electron chi connectivity index (χ0n) is 15.6. The van der Waals surface area contributed by atoms with Crippen molar-refractivity contribution in [2.75, 3.05) is 11.1 Å². The molecule has 4 aromatic rings. The fourth-order valence-corrected chi connectivity index (χ4v) is 4.29. The Hall–Kier alpha value is -3.28. The number of nitrogens with zero attached hydrogens (tertiary/aromatic N) is 2. The van der Waals surface area contributed by atoms with Crippen molar-refractivity contribution in [1.29, 1.82) is 0 Å². The van der Waals surface area contributed by atoms with Gasteiger partial charge >= 0.3 is 5.69 Å². The topological polar surface area (TPSA) is 88.7 Å². The van der Waals surface area contributed by atoms with E-state index in [4.69, 9.17) is 5.73 Å². The SMILES string of the molecule is Nc1nc2ccccc2c2c1[nH]c(=O)n2Cc1cccc(NC2CCCC2)c1. The normalized spacial score (nSPS) is 14.9. The minimum Gasteiger partial charge on any atom is -0.382 e. The number of para-hydroxylation sites is 1. The number of nitrogens with two attached hydrogens (primary N) is 1. The maximum atomic E-state index is 12.7. The molecule has 2 aromatic heterocycles. The van der Waals surface area contributed by atoms with Crippen LogP contribution >= 0.6 is 0 Å². The van der Waals surface area contributed by atoms with Crippen LogP contribution in [0.2, 0.25) is 0 Å². The standard InChI is InChI=1S/C22H23N5O/c23-21-19-20(17-10-3-4-11-18(17)25-21)27(22(28)26-19)13-14-6-5-9-16(12-14)24-15-7-1-2-8-15/h3-6,9-12,15,24H,1-2,7-8,13H2,(H2,23,25)(H,26,28). The van der Waals surface area contributed by atoms with E-state index in [1.807, 2.05) is 30.3 Å². The molecule has 6 heteroatoms. The maximum Gasteiger partial charge on any atom is 0.326 e. The molecule has 6 nitrogen and oxygen atoms in total. The summed E-state index contributed by atoms with van der Waals surface area (Å²) in [7, 11) is 0. The van der Waals surface area contributed by atoms with Gasteiger partial charge in [-0.3, -0.25) is 4.57 Å². The van der Waals surface area contributed by atoms with E-state index in [1.54, 1.807) is 4.57 Å². The molecule has 28 heavy (non-hydrogen) atoms. The monoisotopic (exact) mass is 373 g/mol. The molecule has 0 radical (unpaired) electrons. The molecule has 2 heterocycles. The average Bonchev–Trinajstić information content (AvgIpc) is 3.31. The Morgan fingerprint density at radius 3 is 2.82 bits per heavy atom. The number of nitrogen functional groups attached to an aromatic ring is 1. The molecule has 2 aromatic carbocycles. The molecule has 1 aliphatic carbocycles. The van der Waals surface area contributed by atoms with Gasteiger partial charge in [0, 0.05) is 17.1 Å². The minimum absolute atomic E-state index is 0.172. The predicted octanol–water partition coefficient (Wildman–Crippen LogP) is 3.86. The second kappa shape index (κ2) is 6.71. The van der Waals surface area contributed by atoms with Gasteiger partial charge in [-0.2, -0.15) is 0 Å². The summed E-state index contributed by atoms with van der Waals surface area (Å²) in [4.78, 5) is 20.0. The van der Waals surface area contributed by atoms with Gasteiger partial charge in [0.2, 0.25) is 0 Å². The molecule has 142 valence electrons. The van der Waals surface area contributed by atoms with Crippen molar-refractivity contribution in [3.63, 3.8) is 0 Å². The highest BCUT2D eigenvalue weighted by Gasteiger charge is 2.16. The van der Waals surface area contributed by atoms with Gasteiger partial charge in [0.1, 0.15) is 11.3 Å². The fourth-order valence-electron chi connectivity index (χ4n) is 4.29. The van der Waals surface area contributed by atoms with Gasteiger partial charge in [-0.1, -0.05) is 43.2 Å². The Labute approximate surface area is 162 Å². The van der Waals surface area contributed by atoms with Gasteiger partial charge < -0.3 is 16.0 Å². The van der Waals surface area contributed by atoms with Crippen LogP contribution in [0.1, 0.15) is 31.2 Å². The highest BCUT2D eigenvalue weighted by atomic mass is 16.1. The smallest absolute Gasteiger partial charge is 0.326 e. The molecule has 0 unspecified atom stereocenters. The van der Waals surface area contributed by atoms with Crippen molar-refractivity contribution >= 4 is 33.4 Å². The van der Waals surface area contributed by atoms with Gasteiger partial charge in [-0.15, -0.1) is 0 Å². The summed E-state index contributed by atoms with van der Waals surface area (Å²) in [6.07, 6.45) is 5.05. The number of benzene rings is 2. The van der Waals surface area contributed by atoms with E-state index in [9.17, 15) is 4.79 Å². The van der Waals surface area contributed by atoms with Gasteiger partial charge in [0.25, 0.3) is 0 Å². The first-order valence-electron chi connectivity index (χ1n) is 9.81. The maximum absolute atomic E-state index is 12.7. The van der Waals surface area contributed by atoms with Crippen LogP contribution in [0.4, 0.5) is 11.5 Å². The largest absolute Gasteiger partial charge is 0.382 e. The number of aromatic amines is 1. The molecule has 0 atom stereocenters. The van der Waals surface area contributed by atoms with E-state index < -0.39 is 0 Å². The first-order valence-corrected chi connectivity index (χ1v) is 9.81. The van der Waals surface area contributed by atoms with E-state index in [1.165, 1.54) is 25.7 Å². The van der Waals surface area contributed by atoms with Crippen molar-refractivity contribution in [2.45, 2.75) is 38.3 Å². The Bertz CT molecular complexity index is 1220. The number of anilines is 2. The molecule has 0 aliphatic heterocycles. The Kier molecular flexibility index (Phi) is 4.04. The van der Waals surface area contributed by atoms with Crippen LogP contribution in [0.25, 0.3) is 21.9 Å². The van der Waals surface area contributed by atoms with Crippen molar-refractivity contribution in [1.82, 2.24) is 14.5 Å². The van der Waals surface area contributed by atoms with Crippen molar-refractivity contribution in [3.05, 3.63) is 64.6 Å². The number of fused-ring (bicyclic) bond motifs is 3. The predicted molar refractivity (Wildman–Crippen MR) is 114 cm³/mol. The summed E-state index contributed by atoms with van der Waals surface area (Å²) in [6.45, 7) is 0.479. The lowest BCUT2D eigenvalue weighted by Crippen LogP contribution is -2.18. The first kappa shape index (κ1) is 16.9. The van der Waals surface area contributed by atoms with Crippen LogP contribution in [0.5, 0.6) is 0 Å². The molecule has 0 saturated heterocycles. The third-order valence-electron chi connectivity index (χ3n) is 5.63. The van der Waals surface area contributed by atoms with E-state index in [0.717, 1.165) is 27.7 Å². The van der Waals surface area contributed by atoms with E-state index in [0.29, 0.717) is 23.9 Å². The molecule has 0 bridgehead atoms. The van der Waals surface area contributed by atoms with E-state index >= 15 is 0 Å². The zero-order chi connectivity index (χ0) is 19.1. The third-order valence-corrected chi connectivity index (χ3v) is 5.63. The first-order chi connectivity index (χ1) is 13.7. The Morgan fingerprint density at radius 1 is 1.14 bits per heavy atom. The number of rotatable bonds is 4. The number of pyridine rings is 1. The molecular formula is C22H23N5O. The highest BCUT2D eigenvalue weighted by molar-refractivity contribution is 6.06. The Morgan fingerprint density at radius 2 is 1.96 bits per heavy atom. The second-order valence-electron chi connectivity index (χ2n) is 7.58. The molecule has 4 N–H and O–H groups in total. The van der Waals surface area contributed by atoms with Crippen LogP contribution in [0, 0.1) is 0 Å². The number of aromatic nitrogens is 3. The summed E-state index contributed by atoms with van der Waals surface area (Å²) < 4.78 is 1.75. The zero-order valence-corrected chi connectivity index (χ0v) is 15.6. The molecular weight excluding hydrogens is 350 g/mol. The number of hydrogen-bond acceptors (Lipinski definition) is 4. The van der Waals surface area contributed by atoms with Crippen molar-refractivity contribution in [2.24, 2.45) is 0 Å². The number of hydrogen-bond donors (Lipinski definition) is 3. The van der Waals surface area contributed by atoms with Gasteiger partial charge in [-0.25, -0.2) is 9.78 Å². The third kappa shape index (κ3) is 2.91. The summed E-state index contributed by atoms with van der Waals surface area (Å²) >= 11 is 0. The van der Waals surface area contributed by atoms with Crippen LogP contribution in [0.15, 0.2) is 53.3 Å². The van der Waals surface area contributed by atoms with Gasteiger partial charge in [0.05, 0.1) is 17.6 Å². The van der Waals surface area contributed by atoms with Gasteiger partial charge in [-0.05, 0) is 36.6 Å². The minimum atomic E-state index is -0.172. The van der Waals surface area contributed by atoms with Crippen LogP contribution in [-0.2, 0) is 6.54 Å². The molecule has 1 fully saturated rings. The molecule has 5 rings (SSSR count). The fraction of sp³-hybridized carbons (Fsp3) is 0.273. The summed E-state index contributed by atoms with van der Waals surface area (Å²) in [5.41, 5.74) is 10.3. The van der Waals surface area contributed by atoms with Gasteiger partial charge in [0.15, 0.2) is 0 Å². The van der Waals surface area contributed by atoms with Crippen LogP contribution < -0.4 is 16.7 Å². The lowest BCUT2D eigenvalue weighted by atomic mass is 10.1. The van der Waals surface area contributed by atoms with E-state index in [2.05, 4.69) is 33.5 Å². The molecule has 0 spiro atoms. The molecule has 0 amide bonds. The lowest BCUT2D eigenvalue weighted by molar-refractivity contribution is 0.753. The number of nitrogens with one attached hydrogen (secondary N) is 2. The number of H-pyrrole nitrogens is 1. The summed E-state index contributed by atoms with van der Waals surface area (Å²) in [6, 6.07) is 16.7. The number of imidazole rings is 1. The van der Waals surface area contributed by atoms with E-state index in [-0.39, 0.29) is 5.69 Å². The van der Waals surface area contributed by atoms with Crippen molar-refractivity contribution in [3.8, 4) is 0 Å². The quantitative estimate of drug-likeness (QED) is 0.507. The highest BCUT2D eigenvalue weighted by Crippen LogP contribution is 2.27. The molecule has 1 saturated carbocycles. The Balaban J connectivity index is 1.57. The summed E-state index contributed by atoms with van der Waals surface area (Å²) in [5, 5.41) is 4.55.